The molecule has 1 heterocycles. The molecule has 1 atom stereocenters. The van der Waals surface area contributed by atoms with Gasteiger partial charge in [-0.05, 0) is 58.2 Å². The van der Waals surface area contributed by atoms with Gasteiger partial charge >= 0.3 is 6.09 Å². The number of anilines is 1. The number of nitrogens with zero attached hydrogens (tertiary/aromatic N) is 3. The number of carboxylic acid groups (broad SMARTS) is 1. The highest BCUT2D eigenvalue weighted by atomic mass is 79.9. The van der Waals surface area contributed by atoms with Gasteiger partial charge in [0.25, 0.3) is 0 Å². The second-order valence-electron chi connectivity index (χ2n) is 9.48. The normalized spacial score (nSPS) is 11.4. The standard InChI is InChI=1S/C31H32BrN5O5/c1-2-37(28-11-7-6-10-26(28)32)29(38)19-36(30(39)27(35-31(40)41)16-24-17-33-21-34-24)18-22-12-14-25(15-13-22)42-20-23-8-4-3-5-9-23/h3-15,17,21,27,35H,2,16,18-20H2,1H3,(H,33,34)(H,40,41). The molecule has 0 aliphatic carbocycles. The maximum absolute atomic E-state index is 13.8. The molecule has 4 rings (SSSR count). The zero-order chi connectivity index (χ0) is 29.9. The van der Waals surface area contributed by atoms with Gasteiger partial charge in [0.05, 0.1) is 12.0 Å². The molecule has 4 aromatic rings. The molecule has 3 N–H and O–H groups in total. The van der Waals surface area contributed by atoms with E-state index < -0.39 is 18.0 Å². The molecule has 218 valence electrons. The highest BCUT2D eigenvalue weighted by Gasteiger charge is 2.30. The third-order valence-corrected chi connectivity index (χ3v) is 7.19. The Hall–Kier alpha value is -4.64. The third kappa shape index (κ3) is 8.43. The first kappa shape index (κ1) is 30.3. The summed E-state index contributed by atoms with van der Waals surface area (Å²) in [6, 6.07) is 23.3. The Kier molecular flexibility index (Phi) is 10.7. The Balaban J connectivity index is 1.55. The van der Waals surface area contributed by atoms with Crippen molar-refractivity contribution in [3.63, 3.8) is 0 Å². The molecule has 10 nitrogen and oxygen atoms in total. The summed E-state index contributed by atoms with van der Waals surface area (Å²) in [6.07, 6.45) is 1.68. The molecule has 0 spiro atoms. The van der Waals surface area contributed by atoms with Gasteiger partial charge in [-0.1, -0.05) is 54.6 Å². The maximum atomic E-state index is 13.8. The summed E-state index contributed by atoms with van der Waals surface area (Å²) in [6.45, 7) is 2.46. The van der Waals surface area contributed by atoms with E-state index in [-0.39, 0.29) is 25.4 Å². The Labute approximate surface area is 252 Å². The van der Waals surface area contributed by atoms with Gasteiger partial charge < -0.3 is 29.9 Å². The average Bonchev–Trinajstić information content (AvgIpc) is 3.50. The van der Waals surface area contributed by atoms with E-state index in [1.165, 1.54) is 17.4 Å². The Morgan fingerprint density at radius 1 is 1.00 bits per heavy atom. The summed E-state index contributed by atoms with van der Waals surface area (Å²) < 4.78 is 6.62. The van der Waals surface area contributed by atoms with Gasteiger partial charge in [0.15, 0.2) is 0 Å². The van der Waals surface area contributed by atoms with Crippen molar-refractivity contribution >= 4 is 39.5 Å². The van der Waals surface area contributed by atoms with E-state index in [2.05, 4.69) is 31.2 Å². The van der Waals surface area contributed by atoms with Crippen LogP contribution in [0, 0.1) is 0 Å². The molecule has 0 aliphatic rings. The lowest BCUT2D eigenvalue weighted by atomic mass is 10.1. The summed E-state index contributed by atoms with van der Waals surface area (Å²) in [7, 11) is 0. The van der Waals surface area contributed by atoms with Crippen molar-refractivity contribution in [1.29, 1.82) is 0 Å². The van der Waals surface area contributed by atoms with E-state index in [0.29, 0.717) is 30.3 Å². The van der Waals surface area contributed by atoms with Crippen LogP contribution in [0.3, 0.4) is 0 Å². The van der Waals surface area contributed by atoms with Crippen LogP contribution in [0.4, 0.5) is 10.5 Å². The van der Waals surface area contributed by atoms with Crippen molar-refractivity contribution in [2.75, 3.05) is 18.0 Å². The van der Waals surface area contributed by atoms with Gasteiger partial charge in [0.1, 0.15) is 24.9 Å². The fraction of sp³-hybridized carbons (Fsp3) is 0.226. The van der Waals surface area contributed by atoms with Gasteiger partial charge in [0.2, 0.25) is 11.8 Å². The monoisotopic (exact) mass is 633 g/mol. The number of H-pyrrole nitrogens is 1. The number of nitrogens with one attached hydrogen (secondary N) is 2. The van der Waals surface area contributed by atoms with E-state index in [1.54, 1.807) is 17.0 Å². The van der Waals surface area contributed by atoms with Crippen molar-refractivity contribution in [3.8, 4) is 5.75 Å². The van der Waals surface area contributed by atoms with Crippen LogP contribution in [0.15, 0.2) is 95.9 Å². The quantitative estimate of drug-likeness (QED) is 0.190. The third-order valence-electron chi connectivity index (χ3n) is 6.52. The second-order valence-corrected chi connectivity index (χ2v) is 10.3. The number of imidazole rings is 1. The van der Waals surface area contributed by atoms with Gasteiger partial charge in [-0.2, -0.15) is 0 Å². The number of carbonyl (C=O) groups excluding carboxylic acids is 2. The van der Waals surface area contributed by atoms with Gasteiger partial charge in [0, 0.05) is 35.9 Å². The summed E-state index contributed by atoms with van der Waals surface area (Å²) in [5.74, 6) is -0.184. The van der Waals surface area contributed by atoms with Crippen LogP contribution >= 0.6 is 15.9 Å². The Morgan fingerprint density at radius 2 is 1.71 bits per heavy atom. The van der Waals surface area contributed by atoms with Crippen molar-refractivity contribution in [1.82, 2.24) is 20.2 Å². The second kappa shape index (κ2) is 14.8. The molecule has 0 bridgehead atoms. The first-order valence-corrected chi connectivity index (χ1v) is 14.2. The lowest BCUT2D eigenvalue weighted by Gasteiger charge is -2.30. The van der Waals surface area contributed by atoms with Crippen LogP contribution in [-0.2, 0) is 29.2 Å². The molecule has 42 heavy (non-hydrogen) atoms. The molecular weight excluding hydrogens is 602 g/mol. The fourth-order valence-corrected chi connectivity index (χ4v) is 4.95. The first-order valence-electron chi connectivity index (χ1n) is 13.4. The Morgan fingerprint density at radius 3 is 2.36 bits per heavy atom. The SMILES string of the molecule is CCN(C(=O)CN(Cc1ccc(OCc2ccccc2)cc1)C(=O)C(Cc1cnc[nH]1)NC(=O)O)c1ccccc1Br. The number of para-hydroxylation sites is 1. The minimum Gasteiger partial charge on any atom is -0.489 e. The number of carbonyl (C=O) groups is 3. The molecule has 0 fully saturated rings. The van der Waals surface area contributed by atoms with Crippen molar-refractivity contribution < 1.29 is 24.2 Å². The van der Waals surface area contributed by atoms with Crippen molar-refractivity contribution in [3.05, 3.63) is 113 Å². The van der Waals surface area contributed by atoms with Gasteiger partial charge in [-0.25, -0.2) is 9.78 Å². The Bertz CT molecular complexity index is 1460. The topological polar surface area (TPSA) is 128 Å². The zero-order valence-corrected chi connectivity index (χ0v) is 24.7. The highest BCUT2D eigenvalue weighted by molar-refractivity contribution is 9.10. The van der Waals surface area contributed by atoms with Crippen LogP contribution in [0.25, 0.3) is 0 Å². The average molecular weight is 635 g/mol. The van der Waals surface area contributed by atoms with Crippen molar-refractivity contribution in [2.45, 2.75) is 32.5 Å². The fourth-order valence-electron chi connectivity index (χ4n) is 4.45. The lowest BCUT2D eigenvalue weighted by molar-refractivity contribution is -0.137. The van der Waals surface area contributed by atoms with E-state index in [0.717, 1.165) is 15.6 Å². The van der Waals surface area contributed by atoms with Crippen LogP contribution < -0.4 is 15.0 Å². The number of benzene rings is 3. The molecule has 0 radical (unpaired) electrons. The summed E-state index contributed by atoms with van der Waals surface area (Å²) in [5.41, 5.74) is 3.05. The number of aromatic nitrogens is 2. The number of amides is 3. The van der Waals surface area contributed by atoms with Crippen LogP contribution in [0.1, 0.15) is 23.7 Å². The lowest BCUT2D eigenvalue weighted by Crippen LogP contribution is -2.52. The minimum absolute atomic E-state index is 0.0454. The number of likely N-dealkylation sites (N-methyl/N-ethyl adjacent to an activating group) is 1. The summed E-state index contributed by atoms with van der Waals surface area (Å²) in [4.78, 5) is 48.9. The molecule has 1 aromatic heterocycles. The molecule has 0 saturated heterocycles. The zero-order valence-electron chi connectivity index (χ0n) is 23.1. The smallest absolute Gasteiger partial charge is 0.405 e. The van der Waals surface area contributed by atoms with Crippen LogP contribution in [0.5, 0.6) is 5.75 Å². The van der Waals surface area contributed by atoms with Crippen LogP contribution in [-0.4, -0.2) is 57.0 Å². The number of rotatable bonds is 13. The molecular formula is C31H32BrN5O5. The van der Waals surface area contributed by atoms with E-state index in [4.69, 9.17) is 4.74 Å². The maximum Gasteiger partial charge on any atom is 0.405 e. The van der Waals surface area contributed by atoms with Gasteiger partial charge in [-0.15, -0.1) is 0 Å². The van der Waals surface area contributed by atoms with E-state index in [1.807, 2.05) is 73.7 Å². The number of ether oxygens (including phenoxy) is 1. The predicted molar refractivity (Wildman–Crippen MR) is 162 cm³/mol. The molecule has 1 unspecified atom stereocenters. The van der Waals surface area contributed by atoms with E-state index in [9.17, 15) is 19.5 Å². The number of halogens is 1. The summed E-state index contributed by atoms with van der Waals surface area (Å²) >= 11 is 3.50. The van der Waals surface area contributed by atoms with Crippen molar-refractivity contribution in [2.24, 2.45) is 0 Å². The molecule has 0 aliphatic heterocycles. The largest absolute Gasteiger partial charge is 0.489 e. The predicted octanol–water partition coefficient (Wildman–Crippen LogP) is 5.01. The molecule has 3 aromatic carbocycles. The highest BCUT2D eigenvalue weighted by Crippen LogP contribution is 2.26. The van der Waals surface area contributed by atoms with E-state index >= 15 is 0 Å². The molecule has 0 saturated carbocycles. The summed E-state index contributed by atoms with van der Waals surface area (Å²) in [5, 5.41) is 11.8. The first-order chi connectivity index (χ1) is 20.3. The van der Waals surface area contributed by atoms with Gasteiger partial charge in [-0.3, -0.25) is 9.59 Å². The number of hydrogen-bond acceptors (Lipinski definition) is 5. The number of aromatic amines is 1. The minimum atomic E-state index is -1.34. The molecule has 3 amide bonds. The van der Waals surface area contributed by atoms with Crippen LogP contribution in [0.2, 0.25) is 0 Å². The number of hydrogen-bond donors (Lipinski definition) is 3. The molecule has 11 heteroatoms.